The van der Waals surface area contributed by atoms with Crippen LogP contribution in [0.2, 0.25) is 0 Å². The summed E-state index contributed by atoms with van der Waals surface area (Å²) in [5.41, 5.74) is 1.80. The highest BCUT2D eigenvalue weighted by atomic mass is 16.5. The number of ether oxygens (including phenoxy) is 2. The third-order valence-corrected chi connectivity index (χ3v) is 5.84. The summed E-state index contributed by atoms with van der Waals surface area (Å²) < 4.78 is 11.1. The average Bonchev–Trinajstić information content (AvgIpc) is 3.17. The molecular weight excluding hydrogens is 456 g/mol. The van der Waals surface area contributed by atoms with Crippen LogP contribution in [-0.4, -0.2) is 30.5 Å². The van der Waals surface area contributed by atoms with Gasteiger partial charge in [-0.25, -0.2) is 0 Å². The van der Waals surface area contributed by atoms with Gasteiger partial charge in [0.15, 0.2) is 0 Å². The van der Waals surface area contributed by atoms with Crippen molar-refractivity contribution in [2.45, 2.75) is 19.9 Å². The van der Waals surface area contributed by atoms with Crippen molar-refractivity contribution in [3.63, 3.8) is 0 Å². The topological polar surface area (TPSA) is 99.9 Å². The maximum absolute atomic E-state index is 13.3. The fourth-order valence-corrected chi connectivity index (χ4v) is 4.05. The lowest BCUT2D eigenvalue weighted by atomic mass is 9.95. The smallest absolute Gasteiger partial charge is 0.300 e. The number of aliphatic hydroxyl groups excluding tert-OH is 1. The van der Waals surface area contributed by atoms with Gasteiger partial charge in [-0.1, -0.05) is 26.0 Å². The molecule has 1 aliphatic heterocycles. The van der Waals surface area contributed by atoms with Crippen LogP contribution in [0.4, 0.5) is 5.69 Å². The number of hydrogen-bond acceptors (Lipinski definition) is 6. The molecule has 0 bridgehead atoms. The van der Waals surface area contributed by atoms with Crippen LogP contribution in [0.25, 0.3) is 5.76 Å². The monoisotopic (exact) mass is 482 g/mol. The number of hydrogen-bond donors (Lipinski definition) is 1. The molecule has 0 aromatic heterocycles. The van der Waals surface area contributed by atoms with Crippen molar-refractivity contribution >= 4 is 23.1 Å². The molecule has 1 heterocycles. The van der Waals surface area contributed by atoms with Gasteiger partial charge in [0.1, 0.15) is 17.3 Å². The number of amides is 1. The molecule has 0 spiro atoms. The number of anilines is 1. The number of rotatable bonds is 7. The van der Waals surface area contributed by atoms with Gasteiger partial charge >= 0.3 is 0 Å². The number of benzene rings is 3. The summed E-state index contributed by atoms with van der Waals surface area (Å²) in [4.78, 5) is 27.9. The van der Waals surface area contributed by atoms with Crippen LogP contribution in [0, 0.1) is 17.2 Å². The van der Waals surface area contributed by atoms with E-state index in [-0.39, 0.29) is 11.3 Å². The first-order valence-corrected chi connectivity index (χ1v) is 11.5. The first kappa shape index (κ1) is 24.6. The number of carbonyl (C=O) groups excluding carboxylic acids is 2. The fourth-order valence-electron chi connectivity index (χ4n) is 4.05. The Morgan fingerprint density at radius 1 is 1.03 bits per heavy atom. The zero-order valence-electron chi connectivity index (χ0n) is 20.3. The predicted molar refractivity (Wildman–Crippen MR) is 136 cm³/mol. The summed E-state index contributed by atoms with van der Waals surface area (Å²) in [5, 5.41) is 20.4. The Bertz CT molecular complexity index is 1350. The summed E-state index contributed by atoms with van der Waals surface area (Å²) >= 11 is 0. The highest BCUT2D eigenvalue weighted by Crippen LogP contribution is 2.43. The van der Waals surface area contributed by atoms with Crippen molar-refractivity contribution in [2.75, 3.05) is 18.6 Å². The zero-order chi connectivity index (χ0) is 25.8. The lowest BCUT2D eigenvalue weighted by molar-refractivity contribution is -0.132. The summed E-state index contributed by atoms with van der Waals surface area (Å²) in [7, 11) is 1.53. The van der Waals surface area contributed by atoms with Crippen molar-refractivity contribution in [1.29, 1.82) is 5.26 Å². The Kier molecular flexibility index (Phi) is 7.07. The van der Waals surface area contributed by atoms with Crippen molar-refractivity contribution in [3.8, 4) is 17.6 Å². The molecule has 0 aliphatic carbocycles. The number of aliphatic hydroxyl groups is 1. The Hall–Kier alpha value is -4.57. The van der Waals surface area contributed by atoms with Gasteiger partial charge in [-0.3, -0.25) is 14.5 Å². The molecule has 3 aromatic rings. The first-order chi connectivity index (χ1) is 17.3. The summed E-state index contributed by atoms with van der Waals surface area (Å²) in [6.45, 7) is 4.65. The van der Waals surface area contributed by atoms with Gasteiger partial charge in [-0.05, 0) is 72.1 Å². The van der Waals surface area contributed by atoms with E-state index < -0.39 is 17.7 Å². The second-order valence-corrected chi connectivity index (χ2v) is 8.83. The van der Waals surface area contributed by atoms with Gasteiger partial charge in [-0.2, -0.15) is 5.26 Å². The zero-order valence-corrected chi connectivity index (χ0v) is 20.3. The number of carbonyl (C=O) groups is 2. The minimum Gasteiger partial charge on any atom is -0.507 e. The number of Topliss-reactive ketones (excluding diaryl/α,β-unsaturated/α-hetero) is 1. The van der Waals surface area contributed by atoms with Crippen molar-refractivity contribution in [1.82, 2.24) is 0 Å². The molecule has 0 radical (unpaired) electrons. The van der Waals surface area contributed by atoms with E-state index in [1.54, 1.807) is 72.8 Å². The van der Waals surface area contributed by atoms with E-state index in [1.165, 1.54) is 12.0 Å². The highest BCUT2D eigenvalue weighted by Gasteiger charge is 2.47. The van der Waals surface area contributed by atoms with Gasteiger partial charge in [0.2, 0.25) is 0 Å². The third kappa shape index (κ3) is 4.80. The van der Waals surface area contributed by atoms with Gasteiger partial charge < -0.3 is 14.6 Å². The van der Waals surface area contributed by atoms with Crippen LogP contribution in [-0.2, 0) is 9.59 Å². The maximum atomic E-state index is 13.3. The van der Waals surface area contributed by atoms with Gasteiger partial charge in [0.25, 0.3) is 11.7 Å². The number of methoxy groups -OCH3 is 1. The summed E-state index contributed by atoms with van der Waals surface area (Å²) in [5.74, 6) is -0.310. The third-order valence-electron chi connectivity index (χ3n) is 5.84. The van der Waals surface area contributed by atoms with E-state index >= 15 is 0 Å². The van der Waals surface area contributed by atoms with Crippen LogP contribution >= 0.6 is 0 Å². The van der Waals surface area contributed by atoms with Crippen LogP contribution < -0.4 is 14.4 Å². The Balaban J connectivity index is 1.83. The molecule has 182 valence electrons. The lowest BCUT2D eigenvalue weighted by Crippen LogP contribution is -2.29. The van der Waals surface area contributed by atoms with Crippen molar-refractivity contribution < 1.29 is 24.2 Å². The molecule has 1 aliphatic rings. The summed E-state index contributed by atoms with van der Waals surface area (Å²) in [6, 6.07) is 21.3. The number of nitriles is 1. The Morgan fingerprint density at radius 2 is 1.72 bits per heavy atom. The quantitative estimate of drug-likeness (QED) is 0.281. The van der Waals surface area contributed by atoms with E-state index in [1.807, 2.05) is 19.9 Å². The van der Waals surface area contributed by atoms with E-state index in [4.69, 9.17) is 14.7 Å². The van der Waals surface area contributed by atoms with Crippen molar-refractivity contribution in [3.05, 3.63) is 95.1 Å². The molecule has 1 N–H and O–H groups in total. The predicted octanol–water partition coefficient (Wildman–Crippen LogP) is 5.23. The molecule has 7 nitrogen and oxygen atoms in total. The molecule has 7 heteroatoms. The van der Waals surface area contributed by atoms with Gasteiger partial charge in [0.05, 0.1) is 37.0 Å². The Labute approximate surface area is 209 Å². The molecule has 1 fully saturated rings. The Morgan fingerprint density at radius 3 is 2.33 bits per heavy atom. The molecule has 0 saturated carbocycles. The molecular formula is C29H26N2O5. The SMILES string of the molecule is COc1cccc(C2/C(=C(/O)c3ccc(OCC(C)C)cc3)C(=O)C(=O)N2c2ccc(C#N)cc2)c1. The normalized spacial score (nSPS) is 16.8. The van der Waals surface area contributed by atoms with Crippen molar-refractivity contribution in [2.24, 2.45) is 5.92 Å². The molecule has 1 atom stereocenters. The van der Waals surface area contributed by atoms with E-state index in [2.05, 4.69) is 0 Å². The second kappa shape index (κ2) is 10.4. The number of nitrogens with zero attached hydrogens (tertiary/aromatic N) is 2. The molecule has 4 rings (SSSR count). The molecule has 36 heavy (non-hydrogen) atoms. The molecule has 3 aromatic carbocycles. The lowest BCUT2D eigenvalue weighted by Gasteiger charge is -2.25. The van der Waals surface area contributed by atoms with E-state index in [0.29, 0.717) is 46.4 Å². The van der Waals surface area contributed by atoms with Crippen LogP contribution in [0.1, 0.15) is 36.6 Å². The molecule has 1 unspecified atom stereocenters. The van der Waals surface area contributed by atoms with Gasteiger partial charge in [0, 0.05) is 11.3 Å². The van der Waals surface area contributed by atoms with E-state index in [0.717, 1.165) is 0 Å². The van der Waals surface area contributed by atoms with Gasteiger partial charge in [-0.15, -0.1) is 0 Å². The maximum Gasteiger partial charge on any atom is 0.300 e. The fraction of sp³-hybridized carbons (Fsp3) is 0.207. The molecule has 1 saturated heterocycles. The highest BCUT2D eigenvalue weighted by molar-refractivity contribution is 6.51. The second-order valence-electron chi connectivity index (χ2n) is 8.83. The van der Waals surface area contributed by atoms with E-state index in [9.17, 15) is 14.7 Å². The van der Waals surface area contributed by atoms with Crippen LogP contribution in [0.3, 0.4) is 0 Å². The summed E-state index contributed by atoms with van der Waals surface area (Å²) in [6.07, 6.45) is 0. The largest absolute Gasteiger partial charge is 0.507 e. The molecule has 1 amide bonds. The minimum atomic E-state index is -0.898. The minimum absolute atomic E-state index is 0.0338. The number of ketones is 1. The standard InChI is InChI=1S/C29H26N2O5/c1-18(2)17-36-23-13-9-20(10-14-23)27(32)25-26(21-5-4-6-24(15-21)35-3)31(29(34)28(25)33)22-11-7-19(16-30)8-12-22/h4-15,18,26,32H,17H2,1-3H3/b27-25-. The average molecular weight is 483 g/mol. The van der Waals surface area contributed by atoms with Crippen LogP contribution in [0.5, 0.6) is 11.5 Å². The van der Waals surface area contributed by atoms with Crippen LogP contribution in [0.15, 0.2) is 78.4 Å². The first-order valence-electron chi connectivity index (χ1n) is 11.5.